The normalized spacial score (nSPS) is 11.9. The lowest BCUT2D eigenvalue weighted by molar-refractivity contribution is 0.666. The standard InChI is InChI=1S/C55H39N5O/c1-2-3-17-35-30-31-39-40-32-33-45-50(51(40)59(47(39)34-35)38-22-11-6-12-23-38)41-24-13-14-27-44(41)60(45)46-28-15-25-42-49-43(26-16-29-48(49)61-52(42)46)55-57-53(36-18-7-4-8-19-36)56-54(58-55)37-20-9-5-10-21-37/h4-16,18-34H,2-3,17H2,1H3. The molecular formula is C55H39N5O. The quantitative estimate of drug-likeness (QED) is 0.154. The highest BCUT2D eigenvalue weighted by Gasteiger charge is 2.24. The summed E-state index contributed by atoms with van der Waals surface area (Å²) in [7, 11) is 0. The molecule has 0 fully saturated rings. The van der Waals surface area contributed by atoms with Crippen molar-refractivity contribution in [2.45, 2.75) is 26.2 Å². The van der Waals surface area contributed by atoms with E-state index in [0.717, 1.165) is 67.5 Å². The minimum absolute atomic E-state index is 0.595. The average Bonchev–Trinajstić information content (AvgIpc) is 3.99. The summed E-state index contributed by atoms with van der Waals surface area (Å²) in [6.07, 6.45) is 3.40. The maximum Gasteiger partial charge on any atom is 0.164 e. The summed E-state index contributed by atoms with van der Waals surface area (Å²) < 4.78 is 11.8. The fourth-order valence-electron chi connectivity index (χ4n) is 9.37. The first-order valence-corrected chi connectivity index (χ1v) is 21.1. The molecule has 4 aromatic heterocycles. The molecule has 0 aliphatic rings. The topological polar surface area (TPSA) is 61.7 Å². The molecule has 12 aromatic rings. The van der Waals surface area contributed by atoms with E-state index in [2.05, 4.69) is 125 Å². The molecule has 0 N–H and O–H groups in total. The molecule has 61 heavy (non-hydrogen) atoms. The summed E-state index contributed by atoms with van der Waals surface area (Å²) in [5.41, 5.74) is 12.5. The van der Waals surface area contributed by atoms with E-state index in [1.807, 2.05) is 72.8 Å². The molecule has 4 heterocycles. The molecule has 6 nitrogen and oxygen atoms in total. The van der Waals surface area contributed by atoms with Crippen LogP contribution in [0.1, 0.15) is 25.3 Å². The Hall–Kier alpha value is -7.83. The highest BCUT2D eigenvalue weighted by atomic mass is 16.3. The third-order valence-corrected chi connectivity index (χ3v) is 12.1. The van der Waals surface area contributed by atoms with Gasteiger partial charge < -0.3 is 13.6 Å². The number of nitrogens with zero attached hydrogens (tertiary/aromatic N) is 5. The number of fused-ring (bicyclic) bond motifs is 10. The van der Waals surface area contributed by atoms with Crippen molar-refractivity contribution in [3.63, 3.8) is 0 Å². The Balaban J connectivity index is 1.12. The Morgan fingerprint density at radius 3 is 1.89 bits per heavy atom. The summed E-state index contributed by atoms with van der Waals surface area (Å²) in [5, 5.41) is 6.86. The van der Waals surface area contributed by atoms with Gasteiger partial charge in [-0.2, -0.15) is 0 Å². The lowest BCUT2D eigenvalue weighted by Gasteiger charge is -2.11. The number of aryl methyl sites for hydroxylation is 1. The van der Waals surface area contributed by atoms with Gasteiger partial charge in [0.2, 0.25) is 0 Å². The van der Waals surface area contributed by atoms with E-state index in [-0.39, 0.29) is 0 Å². The zero-order chi connectivity index (χ0) is 40.4. The first-order chi connectivity index (χ1) is 30.2. The number of hydrogen-bond donors (Lipinski definition) is 0. The van der Waals surface area contributed by atoms with Crippen LogP contribution in [0.5, 0.6) is 0 Å². The fourth-order valence-corrected chi connectivity index (χ4v) is 9.37. The van der Waals surface area contributed by atoms with Gasteiger partial charge in [-0.1, -0.05) is 153 Å². The minimum atomic E-state index is 0.595. The summed E-state index contributed by atoms with van der Waals surface area (Å²) in [6.45, 7) is 2.26. The van der Waals surface area contributed by atoms with Crippen LogP contribution in [0, 0.1) is 0 Å². The van der Waals surface area contributed by atoms with Crippen molar-refractivity contribution in [2.24, 2.45) is 0 Å². The molecule has 290 valence electrons. The van der Waals surface area contributed by atoms with E-state index < -0.39 is 0 Å². The zero-order valence-corrected chi connectivity index (χ0v) is 33.6. The SMILES string of the molecule is CCCCc1ccc2c3ccc4c(c5ccccc5n4-c4cccc5c4oc4cccc(-c6nc(-c7ccccc7)nc(-c7ccccc7)n6)c45)c3n(-c3ccccc3)c2c1. The van der Waals surface area contributed by atoms with E-state index in [1.165, 1.54) is 51.0 Å². The molecule has 0 atom stereocenters. The van der Waals surface area contributed by atoms with Crippen molar-refractivity contribution < 1.29 is 4.42 Å². The Morgan fingerprint density at radius 2 is 1.13 bits per heavy atom. The molecule has 6 heteroatoms. The maximum atomic E-state index is 6.97. The van der Waals surface area contributed by atoms with Crippen molar-refractivity contribution >= 4 is 65.6 Å². The van der Waals surface area contributed by atoms with Gasteiger partial charge in [0.05, 0.1) is 27.8 Å². The largest absolute Gasteiger partial charge is 0.454 e. The third-order valence-electron chi connectivity index (χ3n) is 12.1. The van der Waals surface area contributed by atoms with Crippen molar-refractivity contribution in [3.05, 3.63) is 188 Å². The zero-order valence-electron chi connectivity index (χ0n) is 33.6. The first-order valence-electron chi connectivity index (χ1n) is 21.1. The second kappa shape index (κ2) is 14.2. The molecule has 0 amide bonds. The Kier molecular flexibility index (Phi) is 8.17. The van der Waals surface area contributed by atoms with Crippen LogP contribution in [-0.2, 0) is 6.42 Å². The van der Waals surface area contributed by atoms with E-state index in [0.29, 0.717) is 17.5 Å². The van der Waals surface area contributed by atoms with Crippen LogP contribution < -0.4 is 0 Å². The predicted molar refractivity (Wildman–Crippen MR) is 251 cm³/mol. The summed E-state index contributed by atoms with van der Waals surface area (Å²) >= 11 is 0. The molecule has 0 saturated heterocycles. The Bertz CT molecular complexity index is 3560. The molecule has 12 rings (SSSR count). The second-order valence-corrected chi connectivity index (χ2v) is 15.8. The predicted octanol–water partition coefficient (Wildman–Crippen LogP) is 14.3. The molecular weight excluding hydrogens is 747 g/mol. The van der Waals surface area contributed by atoms with Crippen molar-refractivity contribution in [3.8, 4) is 45.5 Å². The van der Waals surface area contributed by atoms with Gasteiger partial charge in [0.15, 0.2) is 23.1 Å². The number of para-hydroxylation sites is 3. The van der Waals surface area contributed by atoms with Gasteiger partial charge in [0.1, 0.15) is 5.58 Å². The molecule has 0 bridgehead atoms. The number of unbranched alkanes of at least 4 members (excludes halogenated alkanes) is 1. The van der Waals surface area contributed by atoms with Gasteiger partial charge in [-0.3, -0.25) is 0 Å². The number of rotatable bonds is 8. The van der Waals surface area contributed by atoms with Crippen LogP contribution in [0.15, 0.2) is 186 Å². The summed E-state index contributed by atoms with van der Waals surface area (Å²) in [4.78, 5) is 15.2. The van der Waals surface area contributed by atoms with Gasteiger partial charge in [-0.25, -0.2) is 15.0 Å². The fraction of sp³-hybridized carbons (Fsp3) is 0.0727. The number of hydrogen-bond acceptors (Lipinski definition) is 4. The average molecular weight is 786 g/mol. The summed E-state index contributed by atoms with van der Waals surface area (Å²) in [6, 6.07) is 64.1. The van der Waals surface area contributed by atoms with E-state index >= 15 is 0 Å². The minimum Gasteiger partial charge on any atom is -0.454 e. The second-order valence-electron chi connectivity index (χ2n) is 15.8. The van der Waals surface area contributed by atoms with Crippen LogP contribution >= 0.6 is 0 Å². The smallest absolute Gasteiger partial charge is 0.164 e. The van der Waals surface area contributed by atoms with Crippen LogP contribution in [0.4, 0.5) is 0 Å². The van der Waals surface area contributed by atoms with Crippen LogP contribution in [0.3, 0.4) is 0 Å². The van der Waals surface area contributed by atoms with Crippen molar-refractivity contribution in [1.82, 2.24) is 24.1 Å². The number of aromatic nitrogens is 5. The highest BCUT2D eigenvalue weighted by Crippen LogP contribution is 2.45. The van der Waals surface area contributed by atoms with Gasteiger partial charge in [-0.15, -0.1) is 0 Å². The van der Waals surface area contributed by atoms with E-state index in [4.69, 9.17) is 19.4 Å². The molecule has 8 aromatic carbocycles. The van der Waals surface area contributed by atoms with Crippen LogP contribution in [0.2, 0.25) is 0 Å². The van der Waals surface area contributed by atoms with Gasteiger partial charge in [-0.05, 0) is 60.9 Å². The lowest BCUT2D eigenvalue weighted by Crippen LogP contribution is -2.00. The Labute approximate surface area is 352 Å². The highest BCUT2D eigenvalue weighted by molar-refractivity contribution is 6.26. The van der Waals surface area contributed by atoms with E-state index in [1.54, 1.807) is 0 Å². The monoisotopic (exact) mass is 785 g/mol. The lowest BCUT2D eigenvalue weighted by atomic mass is 10.0. The summed E-state index contributed by atoms with van der Waals surface area (Å²) in [5.74, 6) is 1.84. The first kappa shape index (κ1) is 35.1. The maximum absolute atomic E-state index is 6.97. The van der Waals surface area contributed by atoms with Crippen molar-refractivity contribution in [1.29, 1.82) is 0 Å². The van der Waals surface area contributed by atoms with Crippen LogP contribution in [-0.4, -0.2) is 24.1 Å². The third kappa shape index (κ3) is 5.60. The molecule has 0 radical (unpaired) electrons. The van der Waals surface area contributed by atoms with Crippen LogP contribution in [0.25, 0.3) is 111 Å². The number of furan rings is 1. The van der Waals surface area contributed by atoms with Gasteiger partial charge >= 0.3 is 0 Å². The van der Waals surface area contributed by atoms with E-state index in [9.17, 15) is 0 Å². The molecule has 0 spiro atoms. The van der Waals surface area contributed by atoms with Gasteiger partial charge in [0, 0.05) is 54.7 Å². The molecule has 0 saturated carbocycles. The molecule has 0 aliphatic heterocycles. The molecule has 0 unspecified atom stereocenters. The Morgan fingerprint density at radius 1 is 0.475 bits per heavy atom. The van der Waals surface area contributed by atoms with Crippen molar-refractivity contribution in [2.75, 3.05) is 0 Å². The number of benzene rings is 8. The molecule has 0 aliphatic carbocycles. The van der Waals surface area contributed by atoms with Gasteiger partial charge in [0.25, 0.3) is 0 Å².